The van der Waals surface area contributed by atoms with Crippen molar-refractivity contribution in [3.05, 3.63) is 0 Å². The van der Waals surface area contributed by atoms with Gasteiger partial charge in [-0.2, -0.15) is 13.2 Å². The van der Waals surface area contributed by atoms with Crippen LogP contribution in [0.4, 0.5) is 13.2 Å². The monoisotopic (exact) mass is 208 g/mol. The summed E-state index contributed by atoms with van der Waals surface area (Å²) in [7, 11) is 0. The number of hydrogen-bond donors (Lipinski definition) is 0. The Hall–Kier alpha value is -0.540. The van der Waals surface area contributed by atoms with E-state index in [2.05, 4.69) is 6.92 Å². The van der Waals surface area contributed by atoms with E-state index in [1.807, 2.05) is 0 Å². The molecule has 1 fully saturated rings. The first-order chi connectivity index (χ1) is 6.39. The molecule has 0 aromatic rings. The number of rotatable bonds is 2. The first-order valence-electron chi connectivity index (χ1n) is 4.99. The Morgan fingerprint density at radius 2 is 1.71 bits per heavy atom. The molecule has 0 aliphatic heterocycles. The molecule has 0 aromatic carbocycles. The van der Waals surface area contributed by atoms with Gasteiger partial charge in [-0.15, -0.1) is 0 Å². The van der Waals surface area contributed by atoms with Crippen molar-refractivity contribution in [1.82, 2.24) is 0 Å². The summed E-state index contributed by atoms with van der Waals surface area (Å²) in [5.41, 5.74) is 0. The van der Waals surface area contributed by atoms with Crippen LogP contribution in [0.2, 0.25) is 0 Å². The summed E-state index contributed by atoms with van der Waals surface area (Å²) < 4.78 is 35.8. The van der Waals surface area contributed by atoms with Gasteiger partial charge in [0.15, 0.2) is 0 Å². The number of carbonyl (C=O) groups is 1. The van der Waals surface area contributed by atoms with E-state index >= 15 is 0 Å². The van der Waals surface area contributed by atoms with Gasteiger partial charge in [0.05, 0.1) is 0 Å². The van der Waals surface area contributed by atoms with Crippen LogP contribution in [-0.4, -0.2) is 12.0 Å². The molecule has 1 aliphatic rings. The maximum Gasteiger partial charge on any atom is 0.449 e. The third-order valence-electron chi connectivity index (χ3n) is 2.93. The molecule has 1 saturated carbocycles. The molecule has 1 nitrogen and oxygen atoms in total. The van der Waals surface area contributed by atoms with Crippen molar-refractivity contribution in [2.75, 3.05) is 0 Å². The zero-order chi connectivity index (χ0) is 10.8. The molecular formula is C10H15F3O. The first kappa shape index (κ1) is 11.5. The van der Waals surface area contributed by atoms with Crippen LogP contribution in [0.25, 0.3) is 0 Å². The van der Waals surface area contributed by atoms with Crippen molar-refractivity contribution in [3.63, 3.8) is 0 Å². The Bertz CT molecular complexity index is 202. The maximum absolute atomic E-state index is 11.9. The van der Waals surface area contributed by atoms with Crippen molar-refractivity contribution in [2.45, 2.75) is 45.2 Å². The van der Waals surface area contributed by atoms with Crippen molar-refractivity contribution in [2.24, 2.45) is 11.8 Å². The van der Waals surface area contributed by atoms with Gasteiger partial charge >= 0.3 is 6.18 Å². The third-order valence-corrected chi connectivity index (χ3v) is 2.93. The minimum atomic E-state index is -4.64. The molecule has 1 rings (SSSR count). The lowest BCUT2D eigenvalue weighted by molar-refractivity contribution is -0.172. The van der Waals surface area contributed by atoms with E-state index in [0.29, 0.717) is 5.92 Å². The second-order valence-corrected chi connectivity index (χ2v) is 4.25. The molecule has 0 bridgehead atoms. The molecule has 0 aromatic heterocycles. The average molecular weight is 208 g/mol. The molecule has 14 heavy (non-hydrogen) atoms. The van der Waals surface area contributed by atoms with Crippen molar-refractivity contribution < 1.29 is 18.0 Å². The highest BCUT2D eigenvalue weighted by Gasteiger charge is 2.39. The van der Waals surface area contributed by atoms with Gasteiger partial charge in [0.1, 0.15) is 0 Å². The maximum atomic E-state index is 11.9. The Morgan fingerprint density at radius 1 is 1.21 bits per heavy atom. The molecule has 0 radical (unpaired) electrons. The summed E-state index contributed by atoms with van der Waals surface area (Å²) in [5.74, 6) is -0.996. The summed E-state index contributed by atoms with van der Waals surface area (Å²) in [6.07, 6.45) is -1.50. The number of ketones is 1. The van der Waals surface area contributed by atoms with Gasteiger partial charge < -0.3 is 0 Å². The fraction of sp³-hybridized carbons (Fsp3) is 0.900. The summed E-state index contributed by atoms with van der Waals surface area (Å²) >= 11 is 0. The molecule has 0 N–H and O–H groups in total. The second kappa shape index (κ2) is 4.32. The number of halogens is 3. The van der Waals surface area contributed by atoms with E-state index in [-0.39, 0.29) is 12.3 Å². The van der Waals surface area contributed by atoms with Gasteiger partial charge in [0, 0.05) is 6.42 Å². The van der Waals surface area contributed by atoms with Crippen LogP contribution in [0.5, 0.6) is 0 Å². The van der Waals surface area contributed by atoms with Gasteiger partial charge in [-0.3, -0.25) is 4.79 Å². The van der Waals surface area contributed by atoms with Gasteiger partial charge in [-0.05, 0) is 24.7 Å². The topological polar surface area (TPSA) is 17.1 Å². The normalized spacial score (nSPS) is 28.9. The summed E-state index contributed by atoms with van der Waals surface area (Å²) in [5, 5.41) is 0. The highest BCUT2D eigenvalue weighted by atomic mass is 19.4. The lowest BCUT2D eigenvalue weighted by atomic mass is 9.80. The number of hydrogen-bond acceptors (Lipinski definition) is 1. The molecular weight excluding hydrogens is 193 g/mol. The molecule has 0 heterocycles. The zero-order valence-corrected chi connectivity index (χ0v) is 8.23. The quantitative estimate of drug-likeness (QED) is 0.680. The first-order valence-corrected chi connectivity index (χ1v) is 4.99. The smallest absolute Gasteiger partial charge is 0.290 e. The largest absolute Gasteiger partial charge is 0.449 e. The van der Waals surface area contributed by atoms with Crippen LogP contribution in [0.15, 0.2) is 0 Å². The highest BCUT2D eigenvalue weighted by molar-refractivity contribution is 5.84. The van der Waals surface area contributed by atoms with Crippen LogP contribution in [0.3, 0.4) is 0 Å². The Balaban J connectivity index is 2.35. The van der Waals surface area contributed by atoms with E-state index in [4.69, 9.17) is 0 Å². The predicted octanol–water partition coefficient (Wildman–Crippen LogP) is 3.33. The van der Waals surface area contributed by atoms with Crippen LogP contribution in [0.1, 0.15) is 39.0 Å². The zero-order valence-electron chi connectivity index (χ0n) is 8.23. The summed E-state index contributed by atoms with van der Waals surface area (Å²) in [4.78, 5) is 10.7. The van der Waals surface area contributed by atoms with Crippen LogP contribution < -0.4 is 0 Å². The summed E-state index contributed by atoms with van der Waals surface area (Å²) in [6.45, 7) is 2.10. The fourth-order valence-corrected chi connectivity index (χ4v) is 1.91. The number of carbonyl (C=O) groups excluding carboxylic acids is 1. The Morgan fingerprint density at radius 3 is 2.14 bits per heavy atom. The van der Waals surface area contributed by atoms with E-state index in [9.17, 15) is 18.0 Å². The van der Waals surface area contributed by atoms with E-state index in [0.717, 1.165) is 25.7 Å². The predicted molar refractivity (Wildman–Crippen MR) is 46.8 cm³/mol. The number of alkyl halides is 3. The minimum Gasteiger partial charge on any atom is -0.290 e. The van der Waals surface area contributed by atoms with Gasteiger partial charge in [-0.1, -0.05) is 19.8 Å². The van der Waals surface area contributed by atoms with Gasteiger partial charge in [-0.25, -0.2) is 0 Å². The standard InChI is InChI=1S/C10H15F3O/c1-7-2-4-8(5-3-7)6-9(14)10(11,12)13/h7-8H,2-6H2,1H3. The molecule has 0 unspecified atom stereocenters. The molecule has 0 spiro atoms. The van der Waals surface area contributed by atoms with Crippen molar-refractivity contribution in [3.8, 4) is 0 Å². The van der Waals surface area contributed by atoms with Crippen molar-refractivity contribution >= 4 is 5.78 Å². The highest BCUT2D eigenvalue weighted by Crippen LogP contribution is 2.32. The molecule has 0 amide bonds. The molecule has 4 heteroatoms. The van der Waals surface area contributed by atoms with Crippen LogP contribution in [0, 0.1) is 11.8 Å². The molecule has 0 atom stereocenters. The van der Waals surface area contributed by atoms with E-state index in [1.54, 1.807) is 0 Å². The lowest BCUT2D eigenvalue weighted by Crippen LogP contribution is -2.26. The van der Waals surface area contributed by atoms with Crippen molar-refractivity contribution in [1.29, 1.82) is 0 Å². The van der Waals surface area contributed by atoms with Crippen LogP contribution >= 0.6 is 0 Å². The fourth-order valence-electron chi connectivity index (χ4n) is 1.91. The molecule has 1 aliphatic carbocycles. The molecule has 0 saturated heterocycles. The lowest BCUT2D eigenvalue weighted by Gasteiger charge is -2.25. The minimum absolute atomic E-state index is 0.0414. The molecule has 82 valence electrons. The third kappa shape index (κ3) is 3.31. The van der Waals surface area contributed by atoms with E-state index in [1.165, 1.54) is 0 Å². The SMILES string of the molecule is CC1CCC(CC(=O)C(F)(F)F)CC1. The van der Waals surface area contributed by atoms with Gasteiger partial charge in [0.25, 0.3) is 0 Å². The van der Waals surface area contributed by atoms with Crippen LogP contribution in [-0.2, 0) is 4.79 Å². The van der Waals surface area contributed by atoms with Gasteiger partial charge in [0.2, 0.25) is 5.78 Å². The number of Topliss-reactive ketones (excluding diaryl/α,β-unsaturated/α-hetero) is 1. The average Bonchev–Trinajstić information content (AvgIpc) is 2.07. The summed E-state index contributed by atoms with van der Waals surface area (Å²) in [6, 6.07) is 0. The Labute approximate surface area is 81.7 Å². The second-order valence-electron chi connectivity index (χ2n) is 4.25. The Kier molecular flexibility index (Phi) is 3.56. The van der Waals surface area contributed by atoms with E-state index < -0.39 is 12.0 Å².